The van der Waals surface area contributed by atoms with Gasteiger partial charge in [-0.15, -0.1) is 11.3 Å². The predicted molar refractivity (Wildman–Crippen MR) is 117 cm³/mol. The van der Waals surface area contributed by atoms with Crippen molar-refractivity contribution in [1.82, 2.24) is 5.32 Å². The quantitative estimate of drug-likeness (QED) is 0.582. The summed E-state index contributed by atoms with van der Waals surface area (Å²) in [5.74, 6) is -0.332. The van der Waals surface area contributed by atoms with Gasteiger partial charge in [-0.05, 0) is 43.8 Å². The summed E-state index contributed by atoms with van der Waals surface area (Å²) in [7, 11) is 0. The molecular weight excluding hydrogens is 382 g/mol. The summed E-state index contributed by atoms with van der Waals surface area (Å²) in [6, 6.07) is 17.6. The summed E-state index contributed by atoms with van der Waals surface area (Å²) in [6.45, 7) is 6.12. The van der Waals surface area contributed by atoms with Crippen molar-refractivity contribution >= 4 is 29.0 Å². The number of thiophene rings is 1. The molecule has 29 heavy (non-hydrogen) atoms. The van der Waals surface area contributed by atoms with Crippen molar-refractivity contribution in [1.29, 1.82) is 0 Å². The smallest absolute Gasteiger partial charge is 0.326 e. The van der Waals surface area contributed by atoms with Crippen LogP contribution < -0.4 is 16.0 Å². The minimum Gasteiger partial charge on any atom is -0.328 e. The van der Waals surface area contributed by atoms with Crippen LogP contribution in [0.25, 0.3) is 0 Å². The first-order valence-electron chi connectivity index (χ1n) is 9.54. The van der Waals surface area contributed by atoms with Crippen LogP contribution in [-0.2, 0) is 4.79 Å². The van der Waals surface area contributed by atoms with Crippen LogP contribution in [0, 0.1) is 20.8 Å². The van der Waals surface area contributed by atoms with E-state index in [0.717, 1.165) is 16.7 Å². The van der Waals surface area contributed by atoms with Crippen molar-refractivity contribution in [2.75, 3.05) is 11.9 Å². The first-order valence-corrected chi connectivity index (χ1v) is 10.4. The average molecular weight is 409 g/mol. The fourth-order valence-electron chi connectivity index (χ4n) is 3.17. The molecule has 0 saturated carbocycles. The Bertz CT molecular complexity index is 982. The van der Waals surface area contributed by atoms with Gasteiger partial charge in [-0.2, -0.15) is 0 Å². The topological polar surface area (TPSA) is 74.8 Å². The number of nitrogens with one attached hydrogen (secondary N) is 2. The third-order valence-corrected chi connectivity index (χ3v) is 5.66. The van der Waals surface area contributed by atoms with Gasteiger partial charge in [0.05, 0.1) is 4.88 Å². The van der Waals surface area contributed by atoms with Crippen LogP contribution in [0.2, 0.25) is 0 Å². The van der Waals surface area contributed by atoms with E-state index in [1.54, 1.807) is 11.3 Å². The maximum Gasteiger partial charge on any atom is 0.326 e. The zero-order valence-corrected chi connectivity index (χ0v) is 17.7. The largest absolute Gasteiger partial charge is 0.328 e. The summed E-state index contributed by atoms with van der Waals surface area (Å²) in [5.41, 5.74) is 5.09. The summed E-state index contributed by atoms with van der Waals surface area (Å²) in [4.78, 5) is 25.7. The zero-order chi connectivity index (χ0) is 20.8. The van der Waals surface area contributed by atoms with Crippen molar-refractivity contribution in [3.8, 4) is 0 Å². The lowest BCUT2D eigenvalue weighted by Gasteiger charge is -2.15. The van der Waals surface area contributed by atoms with Gasteiger partial charge in [0.25, 0.3) is 5.91 Å². The monoisotopic (exact) mass is 408 g/mol. The number of carbonyl (C=O) groups excluding carboxylic acids is 2. The summed E-state index contributed by atoms with van der Waals surface area (Å²) in [5, 5.41) is 9.14. The Morgan fingerprint density at radius 3 is 2.38 bits per heavy atom. The number of benzene rings is 2. The molecule has 0 fully saturated rings. The molecule has 4 N–H and O–H groups in total. The highest BCUT2D eigenvalue weighted by molar-refractivity contribution is 7.10. The van der Waals surface area contributed by atoms with Gasteiger partial charge < -0.3 is 10.6 Å². The molecule has 3 rings (SSSR count). The Labute approximate surface area is 175 Å². The van der Waals surface area contributed by atoms with Crippen LogP contribution >= 0.6 is 11.3 Å². The van der Waals surface area contributed by atoms with Gasteiger partial charge >= 0.3 is 6.03 Å². The molecule has 150 valence electrons. The number of anilines is 1. The first-order chi connectivity index (χ1) is 13.9. The number of hydrogen-bond donors (Lipinski definition) is 3. The molecule has 6 heteroatoms. The van der Waals surface area contributed by atoms with Gasteiger partial charge in [0.1, 0.15) is 6.04 Å². The van der Waals surface area contributed by atoms with E-state index in [0.29, 0.717) is 5.69 Å². The molecule has 1 heterocycles. The van der Waals surface area contributed by atoms with Crippen LogP contribution in [0.4, 0.5) is 10.5 Å². The Kier molecular flexibility index (Phi) is 6.80. The van der Waals surface area contributed by atoms with E-state index in [1.165, 1.54) is 10.4 Å². The number of quaternary nitrogens is 1. The molecule has 5 nitrogen and oxygen atoms in total. The van der Waals surface area contributed by atoms with Gasteiger partial charge in [0, 0.05) is 11.3 Å². The minimum absolute atomic E-state index is 0.0174. The lowest BCUT2D eigenvalue weighted by Crippen LogP contribution is -2.87. The molecule has 3 amide bonds. The lowest BCUT2D eigenvalue weighted by molar-refractivity contribution is -0.676. The lowest BCUT2D eigenvalue weighted by atomic mass is 10.0. The van der Waals surface area contributed by atoms with Gasteiger partial charge in [-0.1, -0.05) is 53.6 Å². The van der Waals surface area contributed by atoms with Crippen LogP contribution in [0.1, 0.15) is 33.2 Å². The highest BCUT2D eigenvalue weighted by Crippen LogP contribution is 2.23. The van der Waals surface area contributed by atoms with Crippen molar-refractivity contribution in [2.24, 2.45) is 0 Å². The maximum atomic E-state index is 12.3. The molecule has 1 atom stereocenters. The molecule has 0 bridgehead atoms. The van der Waals surface area contributed by atoms with Crippen molar-refractivity contribution < 1.29 is 14.9 Å². The number of carbonyl (C=O) groups is 2. The van der Waals surface area contributed by atoms with Crippen LogP contribution in [-0.4, -0.2) is 18.5 Å². The number of amides is 3. The fourth-order valence-corrected chi connectivity index (χ4v) is 4.02. The highest BCUT2D eigenvalue weighted by atomic mass is 32.1. The minimum atomic E-state index is -0.515. The number of imide groups is 1. The zero-order valence-electron chi connectivity index (χ0n) is 16.9. The molecule has 0 aliphatic rings. The number of hydrogen-bond acceptors (Lipinski definition) is 3. The van der Waals surface area contributed by atoms with E-state index in [1.807, 2.05) is 48.8 Å². The summed E-state index contributed by atoms with van der Waals surface area (Å²) in [6.07, 6.45) is 0. The normalized spacial score (nSPS) is 11.7. The van der Waals surface area contributed by atoms with E-state index >= 15 is 0 Å². The number of nitrogens with two attached hydrogens (primary N) is 1. The number of rotatable bonds is 6. The molecule has 0 radical (unpaired) electrons. The van der Waals surface area contributed by atoms with Crippen LogP contribution in [0.5, 0.6) is 0 Å². The van der Waals surface area contributed by atoms with Gasteiger partial charge in [-0.25, -0.2) is 4.79 Å². The molecule has 2 aromatic carbocycles. The molecule has 0 aliphatic heterocycles. The van der Waals surface area contributed by atoms with Gasteiger partial charge in [0.15, 0.2) is 6.54 Å². The Morgan fingerprint density at radius 1 is 1.00 bits per heavy atom. The summed E-state index contributed by atoms with van der Waals surface area (Å²) >= 11 is 1.66. The van der Waals surface area contributed by atoms with Crippen LogP contribution in [0.3, 0.4) is 0 Å². The second kappa shape index (κ2) is 9.49. The van der Waals surface area contributed by atoms with E-state index in [9.17, 15) is 9.59 Å². The Hall–Kier alpha value is -2.96. The van der Waals surface area contributed by atoms with Crippen LogP contribution in [0.15, 0.2) is 60.0 Å². The van der Waals surface area contributed by atoms with Crippen molar-refractivity contribution in [2.45, 2.75) is 26.8 Å². The number of aryl methyl sites for hydroxylation is 3. The molecule has 1 aromatic heterocycles. The van der Waals surface area contributed by atoms with E-state index < -0.39 is 6.03 Å². The van der Waals surface area contributed by atoms with E-state index in [4.69, 9.17) is 0 Å². The molecule has 0 aliphatic carbocycles. The SMILES string of the molecule is Cc1ccc([C@H]([NH2+]CC(=O)NC(=O)Nc2ccc(C)cc2C)c2cccs2)cc1. The number of urea groups is 1. The molecule has 0 spiro atoms. The van der Waals surface area contributed by atoms with Crippen molar-refractivity contribution in [3.05, 3.63) is 87.1 Å². The molecular formula is C23H26N3O2S+. The molecule has 3 aromatic rings. The first kappa shape index (κ1) is 20.8. The standard InChI is InChI=1S/C23H25N3O2S/c1-15-6-9-18(10-7-15)22(20-5-4-12-29-20)24-14-21(27)26-23(28)25-19-11-8-16(2)13-17(19)3/h4-13,22,24H,14H2,1-3H3,(H2,25,26,27,28)/p+1/t22-/m0/s1. The Morgan fingerprint density at radius 2 is 1.72 bits per heavy atom. The average Bonchev–Trinajstić information content (AvgIpc) is 3.20. The Balaban J connectivity index is 1.60. The maximum absolute atomic E-state index is 12.3. The van der Waals surface area contributed by atoms with Crippen molar-refractivity contribution in [3.63, 3.8) is 0 Å². The molecule has 0 saturated heterocycles. The van der Waals surface area contributed by atoms with Gasteiger partial charge in [0.2, 0.25) is 0 Å². The third-order valence-electron chi connectivity index (χ3n) is 4.71. The fraction of sp³-hybridized carbons (Fsp3) is 0.217. The van der Waals surface area contributed by atoms with E-state index in [-0.39, 0.29) is 18.5 Å². The predicted octanol–water partition coefficient (Wildman–Crippen LogP) is 3.67. The summed E-state index contributed by atoms with van der Waals surface area (Å²) < 4.78 is 0. The second-order valence-corrected chi connectivity index (χ2v) is 8.14. The third kappa shape index (κ3) is 5.76. The van der Waals surface area contributed by atoms with Gasteiger partial charge in [-0.3, -0.25) is 10.1 Å². The highest BCUT2D eigenvalue weighted by Gasteiger charge is 2.20. The second-order valence-electron chi connectivity index (χ2n) is 7.16. The van der Waals surface area contributed by atoms with E-state index in [2.05, 4.69) is 47.9 Å². The molecule has 0 unspecified atom stereocenters.